The number of carboxylic acids is 1. The van der Waals surface area contributed by atoms with Crippen molar-refractivity contribution in [2.45, 2.75) is 6.61 Å². The van der Waals surface area contributed by atoms with Gasteiger partial charge in [0.2, 0.25) is 0 Å². The number of halogens is 2. The van der Waals surface area contributed by atoms with Crippen LogP contribution in [0.25, 0.3) is 0 Å². The van der Waals surface area contributed by atoms with Crippen LogP contribution in [-0.2, 0) is 11.3 Å². The van der Waals surface area contributed by atoms with E-state index in [9.17, 15) is 4.79 Å². The number of rotatable bonds is 3. The number of nitrogens with zero attached hydrogens (tertiary/aromatic N) is 1. The lowest BCUT2D eigenvalue weighted by Gasteiger charge is -2.06. The number of hydrogen-bond donors (Lipinski definition) is 1. The number of aromatic nitrogens is 1. The third-order valence-corrected chi connectivity index (χ3v) is 2.01. The Morgan fingerprint density at radius 2 is 2.29 bits per heavy atom. The van der Waals surface area contributed by atoms with Crippen molar-refractivity contribution < 1.29 is 14.6 Å². The molecule has 0 amide bonds. The van der Waals surface area contributed by atoms with Crippen molar-refractivity contribution in [3.05, 3.63) is 27.5 Å². The summed E-state index contributed by atoms with van der Waals surface area (Å²) in [4.78, 5) is 14.4. The Kier molecular flexibility index (Phi) is 3.69. The zero-order chi connectivity index (χ0) is 10.7. The lowest BCUT2D eigenvalue weighted by atomic mass is 10.1. The normalized spacial score (nSPS) is 10.2. The molecule has 0 unspecified atom stereocenters. The number of hydrogen-bond acceptors (Lipinski definition) is 3. The van der Waals surface area contributed by atoms with E-state index in [2.05, 4.69) is 4.98 Å². The first-order chi connectivity index (χ1) is 6.56. The van der Waals surface area contributed by atoms with Gasteiger partial charge in [-0.3, -0.25) is 0 Å². The summed E-state index contributed by atoms with van der Waals surface area (Å²) in [6.45, 7) is 0.129. The predicted octanol–water partition coefficient (Wildman–Crippen LogP) is 2.23. The number of ether oxygens (including phenoxy) is 1. The maximum absolute atomic E-state index is 10.8. The molecule has 0 saturated heterocycles. The summed E-state index contributed by atoms with van der Waals surface area (Å²) in [6.07, 6.45) is 0. The molecule has 14 heavy (non-hydrogen) atoms. The number of pyridine rings is 1. The molecule has 0 aromatic carbocycles. The summed E-state index contributed by atoms with van der Waals surface area (Å²) in [5, 5.41) is 8.86. The molecule has 0 atom stereocenters. The summed E-state index contributed by atoms with van der Waals surface area (Å²) >= 11 is 11.3. The summed E-state index contributed by atoms with van der Waals surface area (Å²) < 4.78 is 4.82. The van der Waals surface area contributed by atoms with E-state index in [0.29, 0.717) is 5.56 Å². The Labute approximate surface area is 90.4 Å². The lowest BCUT2D eigenvalue weighted by Crippen LogP contribution is -2.06. The Morgan fingerprint density at radius 3 is 2.79 bits per heavy atom. The molecule has 0 bridgehead atoms. The molecular formula is C8H7Cl2NO3. The van der Waals surface area contributed by atoms with Crippen molar-refractivity contribution in [2.24, 2.45) is 0 Å². The molecule has 0 aliphatic heterocycles. The van der Waals surface area contributed by atoms with Crippen LogP contribution in [0, 0.1) is 0 Å². The lowest BCUT2D eigenvalue weighted by molar-refractivity contribution is 0.0691. The maximum Gasteiger partial charge on any atom is 0.339 e. The number of carboxylic acid groups (broad SMARTS) is 1. The van der Waals surface area contributed by atoms with Crippen LogP contribution in [-0.4, -0.2) is 23.2 Å². The minimum absolute atomic E-state index is 0.0714. The second-order valence-electron chi connectivity index (χ2n) is 2.51. The van der Waals surface area contributed by atoms with Crippen LogP contribution in [0.4, 0.5) is 0 Å². The number of methoxy groups -OCH3 is 1. The number of carbonyl (C=O) groups is 1. The van der Waals surface area contributed by atoms with Gasteiger partial charge in [-0.25, -0.2) is 9.78 Å². The third-order valence-electron chi connectivity index (χ3n) is 1.54. The second kappa shape index (κ2) is 4.59. The zero-order valence-corrected chi connectivity index (χ0v) is 8.76. The summed E-state index contributed by atoms with van der Waals surface area (Å²) in [5.74, 6) is -1.15. The van der Waals surface area contributed by atoms with Gasteiger partial charge in [0, 0.05) is 7.11 Å². The van der Waals surface area contributed by atoms with E-state index in [-0.39, 0.29) is 22.5 Å². The Balaban J connectivity index is 3.28. The molecule has 76 valence electrons. The van der Waals surface area contributed by atoms with E-state index in [4.69, 9.17) is 33.0 Å². The molecule has 0 aliphatic carbocycles. The third kappa shape index (κ3) is 2.35. The molecule has 0 saturated carbocycles. The smallest absolute Gasteiger partial charge is 0.339 e. The molecule has 0 aliphatic rings. The minimum Gasteiger partial charge on any atom is -0.478 e. The van der Waals surface area contributed by atoms with Gasteiger partial charge in [0.1, 0.15) is 15.9 Å². The highest BCUT2D eigenvalue weighted by Gasteiger charge is 2.16. The van der Waals surface area contributed by atoms with Crippen LogP contribution in [0.1, 0.15) is 15.9 Å². The molecule has 1 aromatic rings. The second-order valence-corrected chi connectivity index (χ2v) is 3.25. The van der Waals surface area contributed by atoms with Gasteiger partial charge in [0.05, 0.1) is 6.61 Å². The highest BCUT2D eigenvalue weighted by atomic mass is 35.5. The first-order valence-corrected chi connectivity index (χ1v) is 4.39. The molecular weight excluding hydrogens is 229 g/mol. The molecule has 0 radical (unpaired) electrons. The molecule has 1 heterocycles. The predicted molar refractivity (Wildman–Crippen MR) is 51.9 cm³/mol. The topological polar surface area (TPSA) is 59.4 Å². The van der Waals surface area contributed by atoms with E-state index >= 15 is 0 Å². The van der Waals surface area contributed by atoms with Crippen molar-refractivity contribution in [3.63, 3.8) is 0 Å². The van der Waals surface area contributed by atoms with Gasteiger partial charge in [0.15, 0.2) is 0 Å². The zero-order valence-electron chi connectivity index (χ0n) is 7.25. The van der Waals surface area contributed by atoms with Gasteiger partial charge in [-0.15, -0.1) is 0 Å². The largest absolute Gasteiger partial charge is 0.478 e. The van der Waals surface area contributed by atoms with Crippen LogP contribution in [0.3, 0.4) is 0 Å². The molecule has 0 spiro atoms. The fourth-order valence-electron chi connectivity index (χ4n) is 1.03. The highest BCUT2D eigenvalue weighted by Crippen LogP contribution is 2.22. The highest BCUT2D eigenvalue weighted by molar-refractivity contribution is 6.34. The molecule has 1 N–H and O–H groups in total. The standard InChI is InChI=1S/C8H7Cl2NO3/c1-14-3-4-2-5(9)11-7(10)6(4)8(12)13/h2H,3H2,1H3,(H,12,13). The van der Waals surface area contributed by atoms with Crippen LogP contribution in [0.15, 0.2) is 6.07 Å². The average molecular weight is 236 g/mol. The Morgan fingerprint density at radius 1 is 1.64 bits per heavy atom. The molecule has 1 rings (SSSR count). The fourth-order valence-corrected chi connectivity index (χ4v) is 1.58. The van der Waals surface area contributed by atoms with Gasteiger partial charge < -0.3 is 9.84 Å². The van der Waals surface area contributed by atoms with E-state index < -0.39 is 5.97 Å². The fraction of sp³-hybridized carbons (Fsp3) is 0.250. The summed E-state index contributed by atoms with van der Waals surface area (Å²) in [5.41, 5.74) is 0.336. The van der Waals surface area contributed by atoms with Crippen LogP contribution in [0.2, 0.25) is 10.3 Å². The van der Waals surface area contributed by atoms with E-state index in [0.717, 1.165) is 0 Å². The van der Waals surface area contributed by atoms with Crippen molar-refractivity contribution >= 4 is 29.2 Å². The number of aromatic carboxylic acids is 1. The van der Waals surface area contributed by atoms with Gasteiger partial charge in [-0.05, 0) is 11.6 Å². The van der Waals surface area contributed by atoms with E-state index in [1.54, 1.807) is 0 Å². The van der Waals surface area contributed by atoms with E-state index in [1.165, 1.54) is 13.2 Å². The molecule has 1 aromatic heterocycles. The Bertz CT molecular complexity index is 368. The first kappa shape index (κ1) is 11.2. The molecule has 4 nitrogen and oxygen atoms in total. The monoisotopic (exact) mass is 235 g/mol. The van der Waals surface area contributed by atoms with E-state index in [1.807, 2.05) is 0 Å². The van der Waals surface area contributed by atoms with Gasteiger partial charge in [-0.1, -0.05) is 23.2 Å². The van der Waals surface area contributed by atoms with Crippen LogP contribution in [0.5, 0.6) is 0 Å². The quantitative estimate of drug-likeness (QED) is 0.817. The SMILES string of the molecule is COCc1cc(Cl)nc(Cl)c1C(=O)O. The summed E-state index contributed by atoms with van der Waals surface area (Å²) in [6, 6.07) is 1.42. The summed E-state index contributed by atoms with van der Waals surface area (Å²) in [7, 11) is 1.45. The van der Waals surface area contributed by atoms with Crippen molar-refractivity contribution in [1.82, 2.24) is 4.98 Å². The van der Waals surface area contributed by atoms with Gasteiger partial charge in [-0.2, -0.15) is 0 Å². The van der Waals surface area contributed by atoms with Crippen molar-refractivity contribution in [1.29, 1.82) is 0 Å². The Hall–Kier alpha value is -0.840. The van der Waals surface area contributed by atoms with Crippen molar-refractivity contribution in [3.8, 4) is 0 Å². The average Bonchev–Trinajstić information content (AvgIpc) is 2.01. The van der Waals surface area contributed by atoms with Gasteiger partial charge >= 0.3 is 5.97 Å². The van der Waals surface area contributed by atoms with Crippen LogP contribution >= 0.6 is 23.2 Å². The van der Waals surface area contributed by atoms with Crippen molar-refractivity contribution in [2.75, 3.05) is 7.11 Å². The molecule has 0 fully saturated rings. The van der Waals surface area contributed by atoms with Crippen LogP contribution < -0.4 is 0 Å². The maximum atomic E-state index is 10.8. The molecule has 6 heteroatoms. The van der Waals surface area contributed by atoms with Gasteiger partial charge in [0.25, 0.3) is 0 Å². The first-order valence-electron chi connectivity index (χ1n) is 3.63. The minimum atomic E-state index is -1.15.